The summed E-state index contributed by atoms with van der Waals surface area (Å²) >= 11 is 5.87. The number of alkyl halides is 3. The summed E-state index contributed by atoms with van der Waals surface area (Å²) in [6.45, 7) is 2.19. The molecule has 6 heteroatoms. The topological polar surface area (TPSA) is 21.3 Å². The first kappa shape index (κ1) is 14.5. The Labute approximate surface area is 114 Å². The van der Waals surface area contributed by atoms with Crippen molar-refractivity contribution in [2.24, 2.45) is 5.92 Å². The number of rotatable bonds is 3. The van der Waals surface area contributed by atoms with E-state index in [1.165, 1.54) is 6.07 Å². The van der Waals surface area contributed by atoms with Crippen molar-refractivity contribution in [1.29, 1.82) is 0 Å². The summed E-state index contributed by atoms with van der Waals surface area (Å²) in [5, 5.41) is 3.21. The van der Waals surface area contributed by atoms with Crippen LogP contribution in [0, 0.1) is 5.92 Å². The van der Waals surface area contributed by atoms with Crippen LogP contribution in [0.25, 0.3) is 0 Å². The van der Waals surface area contributed by atoms with Gasteiger partial charge in [0.1, 0.15) is 0 Å². The summed E-state index contributed by atoms with van der Waals surface area (Å²) in [4.78, 5) is 0. The van der Waals surface area contributed by atoms with E-state index in [4.69, 9.17) is 16.3 Å². The summed E-state index contributed by atoms with van der Waals surface area (Å²) in [7, 11) is 0. The summed E-state index contributed by atoms with van der Waals surface area (Å²) in [6, 6.07) is 3.37. The molecule has 106 valence electrons. The van der Waals surface area contributed by atoms with E-state index in [-0.39, 0.29) is 5.02 Å². The highest BCUT2D eigenvalue weighted by Crippen LogP contribution is 2.33. The van der Waals surface area contributed by atoms with E-state index in [0.29, 0.717) is 18.2 Å². The van der Waals surface area contributed by atoms with Crippen LogP contribution in [-0.2, 0) is 10.9 Å². The number of halogens is 4. The van der Waals surface area contributed by atoms with Crippen molar-refractivity contribution in [2.45, 2.75) is 19.0 Å². The molecule has 0 unspecified atom stereocenters. The van der Waals surface area contributed by atoms with Gasteiger partial charge >= 0.3 is 6.18 Å². The highest BCUT2D eigenvalue weighted by atomic mass is 35.5. The van der Waals surface area contributed by atoms with Crippen LogP contribution in [0.15, 0.2) is 18.2 Å². The summed E-state index contributed by atoms with van der Waals surface area (Å²) in [5.74, 6) is 0.479. The zero-order valence-corrected chi connectivity index (χ0v) is 11.0. The fourth-order valence-electron chi connectivity index (χ4n) is 2.04. The highest BCUT2D eigenvalue weighted by molar-refractivity contribution is 6.33. The lowest BCUT2D eigenvalue weighted by atomic mass is 10.0. The molecule has 1 aliphatic rings. The number of nitrogens with one attached hydrogen (secondary N) is 1. The molecule has 0 radical (unpaired) electrons. The van der Waals surface area contributed by atoms with Gasteiger partial charge in [0, 0.05) is 19.8 Å². The Balaban J connectivity index is 1.97. The SMILES string of the molecule is FC(F)(F)c1ccc(NCC2CCOCC2)c(Cl)c1. The molecule has 2 nitrogen and oxygen atoms in total. The quantitative estimate of drug-likeness (QED) is 0.902. The van der Waals surface area contributed by atoms with Crippen LogP contribution in [0.2, 0.25) is 5.02 Å². The van der Waals surface area contributed by atoms with Gasteiger partial charge in [0.15, 0.2) is 0 Å². The van der Waals surface area contributed by atoms with E-state index in [0.717, 1.165) is 38.2 Å². The minimum Gasteiger partial charge on any atom is -0.384 e. The minimum atomic E-state index is -4.36. The number of ether oxygens (including phenoxy) is 1. The highest BCUT2D eigenvalue weighted by Gasteiger charge is 2.30. The third kappa shape index (κ3) is 4.01. The lowest BCUT2D eigenvalue weighted by Crippen LogP contribution is -2.22. The van der Waals surface area contributed by atoms with Gasteiger partial charge in [-0.2, -0.15) is 13.2 Å². The molecule has 0 aromatic heterocycles. The lowest BCUT2D eigenvalue weighted by molar-refractivity contribution is -0.137. The van der Waals surface area contributed by atoms with Crippen LogP contribution in [-0.4, -0.2) is 19.8 Å². The molecule has 1 saturated heterocycles. The fourth-order valence-corrected chi connectivity index (χ4v) is 2.29. The van der Waals surface area contributed by atoms with Crippen LogP contribution >= 0.6 is 11.6 Å². The molecule has 19 heavy (non-hydrogen) atoms. The Morgan fingerprint density at radius 3 is 2.53 bits per heavy atom. The number of benzene rings is 1. The van der Waals surface area contributed by atoms with E-state index >= 15 is 0 Å². The zero-order chi connectivity index (χ0) is 13.9. The summed E-state index contributed by atoms with van der Waals surface area (Å²) in [5.41, 5.74) is -0.185. The van der Waals surface area contributed by atoms with Crippen LogP contribution in [0.3, 0.4) is 0 Å². The molecule has 0 saturated carbocycles. The maximum atomic E-state index is 12.5. The third-order valence-corrected chi connectivity index (χ3v) is 3.53. The van der Waals surface area contributed by atoms with Gasteiger partial charge in [-0.3, -0.25) is 0 Å². The number of anilines is 1. The van der Waals surface area contributed by atoms with Crippen LogP contribution < -0.4 is 5.32 Å². The van der Waals surface area contributed by atoms with Gasteiger partial charge in [-0.05, 0) is 37.0 Å². The first-order valence-corrected chi connectivity index (χ1v) is 6.53. The third-order valence-electron chi connectivity index (χ3n) is 3.22. The monoisotopic (exact) mass is 293 g/mol. The Morgan fingerprint density at radius 1 is 1.26 bits per heavy atom. The maximum Gasteiger partial charge on any atom is 0.416 e. The predicted molar refractivity (Wildman–Crippen MR) is 68.5 cm³/mol. The Bertz CT molecular complexity index is 430. The van der Waals surface area contributed by atoms with Crippen LogP contribution in [0.5, 0.6) is 0 Å². The number of hydrogen-bond donors (Lipinski definition) is 1. The molecular formula is C13H15ClF3NO. The second-order valence-electron chi connectivity index (χ2n) is 4.63. The van der Waals surface area contributed by atoms with Crippen molar-refractivity contribution < 1.29 is 17.9 Å². The fraction of sp³-hybridized carbons (Fsp3) is 0.538. The molecular weight excluding hydrogens is 279 g/mol. The smallest absolute Gasteiger partial charge is 0.384 e. The standard InChI is InChI=1S/C13H15ClF3NO/c14-11-7-10(13(15,16)17)1-2-12(11)18-8-9-3-5-19-6-4-9/h1-2,7,9,18H,3-6,8H2. The molecule has 1 aliphatic heterocycles. The van der Waals surface area contributed by atoms with Crippen molar-refractivity contribution in [3.8, 4) is 0 Å². The first-order chi connectivity index (χ1) is 8.97. The minimum absolute atomic E-state index is 0.0990. The van der Waals surface area contributed by atoms with Gasteiger partial charge in [-0.15, -0.1) is 0 Å². The average Bonchev–Trinajstić information content (AvgIpc) is 2.37. The predicted octanol–water partition coefficient (Wildman–Crippen LogP) is 4.20. The molecule has 1 aromatic rings. The van der Waals surface area contributed by atoms with Crippen LogP contribution in [0.1, 0.15) is 18.4 Å². The van der Waals surface area contributed by atoms with E-state index in [1.807, 2.05) is 0 Å². The van der Waals surface area contributed by atoms with E-state index in [1.54, 1.807) is 0 Å². The largest absolute Gasteiger partial charge is 0.416 e. The van der Waals surface area contributed by atoms with Crippen LogP contribution in [0.4, 0.5) is 18.9 Å². The Kier molecular flexibility index (Phi) is 4.58. The summed E-state index contributed by atoms with van der Waals surface area (Å²) in [6.07, 6.45) is -2.43. The van der Waals surface area contributed by atoms with Gasteiger partial charge in [-0.1, -0.05) is 11.6 Å². The molecule has 0 spiro atoms. The molecule has 0 aliphatic carbocycles. The molecule has 0 bridgehead atoms. The van der Waals surface area contributed by atoms with Gasteiger partial charge in [0.25, 0.3) is 0 Å². The zero-order valence-electron chi connectivity index (χ0n) is 10.3. The molecule has 1 aromatic carbocycles. The van der Waals surface area contributed by atoms with Crippen molar-refractivity contribution in [3.05, 3.63) is 28.8 Å². The van der Waals surface area contributed by atoms with E-state index in [2.05, 4.69) is 5.32 Å². The summed E-state index contributed by atoms with van der Waals surface area (Å²) < 4.78 is 42.7. The Morgan fingerprint density at radius 2 is 1.95 bits per heavy atom. The molecule has 1 fully saturated rings. The van der Waals surface area contributed by atoms with E-state index in [9.17, 15) is 13.2 Å². The van der Waals surface area contributed by atoms with E-state index < -0.39 is 11.7 Å². The molecule has 1 N–H and O–H groups in total. The van der Waals surface area contributed by atoms with Crippen molar-refractivity contribution in [3.63, 3.8) is 0 Å². The Hall–Kier alpha value is -0.940. The number of hydrogen-bond acceptors (Lipinski definition) is 2. The second kappa shape index (κ2) is 6.01. The molecule has 0 amide bonds. The first-order valence-electron chi connectivity index (χ1n) is 6.15. The van der Waals surface area contributed by atoms with Gasteiger partial charge in [-0.25, -0.2) is 0 Å². The molecule has 1 heterocycles. The van der Waals surface area contributed by atoms with Crippen molar-refractivity contribution in [2.75, 3.05) is 25.1 Å². The maximum absolute atomic E-state index is 12.5. The normalized spacial score (nSPS) is 17.5. The van der Waals surface area contributed by atoms with Crippen molar-refractivity contribution >= 4 is 17.3 Å². The average molecular weight is 294 g/mol. The second-order valence-corrected chi connectivity index (χ2v) is 5.04. The van der Waals surface area contributed by atoms with Gasteiger partial charge in [0.2, 0.25) is 0 Å². The molecule has 2 rings (SSSR count). The van der Waals surface area contributed by atoms with Gasteiger partial charge in [0.05, 0.1) is 16.3 Å². The van der Waals surface area contributed by atoms with Gasteiger partial charge < -0.3 is 10.1 Å². The lowest BCUT2D eigenvalue weighted by Gasteiger charge is -2.23. The molecule has 0 atom stereocenters. The van der Waals surface area contributed by atoms with Crippen molar-refractivity contribution in [1.82, 2.24) is 0 Å².